The average molecular weight is 341 g/mol. The van der Waals surface area contributed by atoms with Crippen molar-refractivity contribution in [3.8, 4) is 11.5 Å². The van der Waals surface area contributed by atoms with E-state index >= 15 is 0 Å². The quantitative estimate of drug-likeness (QED) is 0.471. The molecule has 0 atom stereocenters. The van der Waals surface area contributed by atoms with Crippen molar-refractivity contribution in [1.82, 2.24) is 0 Å². The van der Waals surface area contributed by atoms with E-state index in [1.165, 1.54) is 12.5 Å². The van der Waals surface area contributed by atoms with Gasteiger partial charge in [0, 0.05) is 6.21 Å². The molecule has 0 amide bonds. The van der Waals surface area contributed by atoms with E-state index in [0.29, 0.717) is 16.5 Å². The first-order valence-electron chi connectivity index (χ1n) is 8.17. The molecule has 26 heavy (non-hydrogen) atoms. The standard InChI is InChI=1S/C22H15NO3/c24-22-16(15-25-21-9-5-4-8-20(21)22)14-23-17-10-12-19(13-11-17)26-18-6-2-1-3-7-18/h1-15H. The van der Waals surface area contributed by atoms with E-state index in [2.05, 4.69) is 4.99 Å². The van der Waals surface area contributed by atoms with Crippen LogP contribution in [0.4, 0.5) is 5.69 Å². The number of aliphatic imine (C=N–C) groups is 1. The number of ether oxygens (including phenoxy) is 1. The van der Waals surface area contributed by atoms with Crippen molar-refractivity contribution >= 4 is 22.9 Å². The summed E-state index contributed by atoms with van der Waals surface area (Å²) in [6.45, 7) is 0. The van der Waals surface area contributed by atoms with Crippen LogP contribution in [0.2, 0.25) is 0 Å². The monoisotopic (exact) mass is 341 g/mol. The zero-order valence-electron chi connectivity index (χ0n) is 13.8. The highest BCUT2D eigenvalue weighted by molar-refractivity contribution is 5.87. The molecule has 126 valence electrons. The third-order valence-corrected chi connectivity index (χ3v) is 3.88. The normalized spacial score (nSPS) is 11.1. The second kappa shape index (κ2) is 7.07. The minimum atomic E-state index is -0.0976. The molecular formula is C22H15NO3. The molecular weight excluding hydrogens is 326 g/mol. The molecule has 4 heteroatoms. The van der Waals surface area contributed by atoms with Gasteiger partial charge in [-0.1, -0.05) is 30.3 Å². The highest BCUT2D eigenvalue weighted by Gasteiger charge is 2.04. The number of rotatable bonds is 4. The van der Waals surface area contributed by atoms with Gasteiger partial charge in [0.25, 0.3) is 0 Å². The van der Waals surface area contributed by atoms with E-state index in [4.69, 9.17) is 9.15 Å². The highest BCUT2D eigenvalue weighted by Crippen LogP contribution is 2.23. The second-order valence-electron chi connectivity index (χ2n) is 5.68. The van der Waals surface area contributed by atoms with Gasteiger partial charge in [0.1, 0.15) is 23.3 Å². The fraction of sp³-hybridized carbons (Fsp3) is 0. The first-order chi connectivity index (χ1) is 12.8. The van der Waals surface area contributed by atoms with E-state index in [9.17, 15) is 4.79 Å². The van der Waals surface area contributed by atoms with Crippen LogP contribution in [0.3, 0.4) is 0 Å². The van der Waals surface area contributed by atoms with Crippen molar-refractivity contribution in [3.05, 3.63) is 101 Å². The lowest BCUT2D eigenvalue weighted by Gasteiger charge is -2.05. The van der Waals surface area contributed by atoms with E-state index in [1.807, 2.05) is 66.7 Å². The average Bonchev–Trinajstić information content (AvgIpc) is 2.70. The fourth-order valence-corrected chi connectivity index (χ4v) is 2.55. The van der Waals surface area contributed by atoms with Gasteiger partial charge in [-0.25, -0.2) is 0 Å². The summed E-state index contributed by atoms with van der Waals surface area (Å²) < 4.78 is 11.2. The smallest absolute Gasteiger partial charge is 0.201 e. The Morgan fingerprint density at radius 2 is 1.50 bits per heavy atom. The number of hydrogen-bond donors (Lipinski definition) is 0. The number of nitrogens with zero attached hydrogens (tertiary/aromatic N) is 1. The van der Waals surface area contributed by atoms with Gasteiger partial charge in [-0.15, -0.1) is 0 Å². The molecule has 4 aromatic rings. The second-order valence-corrected chi connectivity index (χ2v) is 5.68. The maximum absolute atomic E-state index is 12.4. The van der Waals surface area contributed by atoms with Gasteiger partial charge in [-0.3, -0.25) is 9.79 Å². The Hall–Kier alpha value is -3.66. The fourth-order valence-electron chi connectivity index (χ4n) is 2.55. The number of benzene rings is 3. The SMILES string of the molecule is O=c1c(C=Nc2ccc(Oc3ccccc3)cc2)coc2ccccc12. The molecule has 0 fully saturated rings. The number of para-hydroxylation sites is 2. The molecule has 0 saturated heterocycles. The predicted octanol–water partition coefficient (Wildman–Crippen LogP) is 5.34. The first-order valence-corrected chi connectivity index (χ1v) is 8.17. The summed E-state index contributed by atoms with van der Waals surface area (Å²) >= 11 is 0. The lowest BCUT2D eigenvalue weighted by molar-refractivity contribution is 0.483. The Morgan fingerprint density at radius 1 is 0.808 bits per heavy atom. The lowest BCUT2D eigenvalue weighted by Crippen LogP contribution is -2.07. The van der Waals surface area contributed by atoms with Crippen LogP contribution in [0.5, 0.6) is 11.5 Å². The summed E-state index contributed by atoms with van der Waals surface area (Å²) in [6, 6.07) is 24.1. The van der Waals surface area contributed by atoms with E-state index in [0.717, 1.165) is 17.2 Å². The summed E-state index contributed by atoms with van der Waals surface area (Å²) in [5.41, 5.74) is 1.60. The Labute approximate surface area is 150 Å². The van der Waals surface area contributed by atoms with Gasteiger partial charge in [0.15, 0.2) is 0 Å². The van der Waals surface area contributed by atoms with Crippen LogP contribution in [0.25, 0.3) is 11.0 Å². The lowest BCUT2D eigenvalue weighted by atomic mass is 10.2. The van der Waals surface area contributed by atoms with Crippen molar-refractivity contribution < 1.29 is 9.15 Å². The Bertz CT molecular complexity index is 1110. The molecule has 1 aromatic heterocycles. The highest BCUT2D eigenvalue weighted by atomic mass is 16.5. The van der Waals surface area contributed by atoms with E-state index < -0.39 is 0 Å². The molecule has 1 heterocycles. The summed E-state index contributed by atoms with van der Waals surface area (Å²) in [7, 11) is 0. The molecule has 4 nitrogen and oxygen atoms in total. The van der Waals surface area contributed by atoms with Crippen molar-refractivity contribution in [1.29, 1.82) is 0 Å². The van der Waals surface area contributed by atoms with Crippen molar-refractivity contribution in [2.75, 3.05) is 0 Å². The molecule has 0 unspecified atom stereocenters. The zero-order chi connectivity index (χ0) is 17.8. The van der Waals surface area contributed by atoms with Crippen LogP contribution in [-0.2, 0) is 0 Å². The molecule has 0 saturated carbocycles. The minimum Gasteiger partial charge on any atom is -0.463 e. The van der Waals surface area contributed by atoms with Crippen LogP contribution < -0.4 is 10.2 Å². The third-order valence-electron chi connectivity index (χ3n) is 3.88. The molecule has 3 aromatic carbocycles. The van der Waals surface area contributed by atoms with Gasteiger partial charge in [0.2, 0.25) is 5.43 Å². The van der Waals surface area contributed by atoms with Gasteiger partial charge in [-0.2, -0.15) is 0 Å². The molecule has 0 radical (unpaired) electrons. The maximum atomic E-state index is 12.4. The van der Waals surface area contributed by atoms with Crippen molar-refractivity contribution in [3.63, 3.8) is 0 Å². The minimum absolute atomic E-state index is 0.0976. The molecule has 4 rings (SSSR count). The van der Waals surface area contributed by atoms with Crippen LogP contribution >= 0.6 is 0 Å². The largest absolute Gasteiger partial charge is 0.463 e. The van der Waals surface area contributed by atoms with Gasteiger partial charge in [-0.05, 0) is 48.5 Å². The van der Waals surface area contributed by atoms with E-state index in [1.54, 1.807) is 12.1 Å². The molecule has 0 aliphatic rings. The Morgan fingerprint density at radius 3 is 2.31 bits per heavy atom. The van der Waals surface area contributed by atoms with Crippen molar-refractivity contribution in [2.24, 2.45) is 4.99 Å². The van der Waals surface area contributed by atoms with Gasteiger partial charge >= 0.3 is 0 Å². The number of fused-ring (bicyclic) bond motifs is 1. The summed E-state index contributed by atoms with van der Waals surface area (Å²) in [5, 5.41) is 0.544. The first kappa shape index (κ1) is 15.8. The summed E-state index contributed by atoms with van der Waals surface area (Å²) in [4.78, 5) is 16.8. The van der Waals surface area contributed by atoms with Crippen LogP contribution in [0.1, 0.15) is 5.56 Å². The molecule has 0 aliphatic carbocycles. The third kappa shape index (κ3) is 3.39. The summed E-state index contributed by atoms with van der Waals surface area (Å²) in [6.07, 6.45) is 2.95. The molecule has 0 bridgehead atoms. The molecule has 0 N–H and O–H groups in total. The van der Waals surface area contributed by atoms with Crippen LogP contribution in [0.15, 0.2) is 99.3 Å². The Kier molecular flexibility index (Phi) is 4.31. The predicted molar refractivity (Wildman–Crippen MR) is 103 cm³/mol. The Balaban J connectivity index is 1.54. The molecule has 0 aliphatic heterocycles. The molecule has 0 spiro atoms. The number of hydrogen-bond acceptors (Lipinski definition) is 4. The van der Waals surface area contributed by atoms with Gasteiger partial charge < -0.3 is 9.15 Å². The zero-order valence-corrected chi connectivity index (χ0v) is 13.8. The van der Waals surface area contributed by atoms with Crippen LogP contribution in [0, 0.1) is 0 Å². The van der Waals surface area contributed by atoms with Crippen molar-refractivity contribution in [2.45, 2.75) is 0 Å². The van der Waals surface area contributed by atoms with Crippen LogP contribution in [-0.4, -0.2) is 6.21 Å². The van der Waals surface area contributed by atoms with Gasteiger partial charge in [0.05, 0.1) is 16.6 Å². The van der Waals surface area contributed by atoms with E-state index in [-0.39, 0.29) is 5.43 Å². The maximum Gasteiger partial charge on any atom is 0.201 e. The summed E-state index contributed by atoms with van der Waals surface area (Å²) in [5.74, 6) is 1.50. The topological polar surface area (TPSA) is 51.8 Å².